The molecule has 10 heteroatoms. The third-order valence-corrected chi connectivity index (χ3v) is 8.25. The molecule has 1 saturated heterocycles. The summed E-state index contributed by atoms with van der Waals surface area (Å²) in [7, 11) is 1.71. The minimum atomic E-state index is -0.278. The molecule has 192 valence electrons. The molecule has 1 fully saturated rings. The van der Waals surface area contributed by atoms with E-state index in [2.05, 4.69) is 39.4 Å². The predicted molar refractivity (Wildman–Crippen MR) is 144 cm³/mol. The zero-order valence-corrected chi connectivity index (χ0v) is 22.6. The number of nitriles is 1. The molecule has 1 amide bonds. The van der Waals surface area contributed by atoms with Crippen molar-refractivity contribution in [2.75, 3.05) is 13.6 Å². The number of likely N-dealkylation sites (tertiary alicyclic amines) is 1. The topological polar surface area (TPSA) is 99.7 Å². The fourth-order valence-corrected chi connectivity index (χ4v) is 6.31. The molecule has 1 aromatic carbocycles. The quantitative estimate of drug-likeness (QED) is 0.491. The summed E-state index contributed by atoms with van der Waals surface area (Å²) in [6.45, 7) is 5.15. The average molecular weight is 538 g/mol. The molecular weight excluding hydrogens is 509 g/mol. The van der Waals surface area contributed by atoms with Gasteiger partial charge in [0.2, 0.25) is 5.91 Å². The summed E-state index contributed by atoms with van der Waals surface area (Å²) in [6.07, 6.45) is 7.59. The second kappa shape index (κ2) is 10.4. The Morgan fingerprint density at radius 1 is 1.32 bits per heavy atom. The number of aromatic nitrogens is 4. The number of likely N-dealkylation sites (N-methyl/N-ethyl adjacent to an activating group) is 1. The van der Waals surface area contributed by atoms with Crippen molar-refractivity contribution in [3.05, 3.63) is 57.5 Å². The van der Waals surface area contributed by atoms with E-state index in [0.717, 1.165) is 49.1 Å². The highest BCUT2D eigenvalue weighted by Gasteiger charge is 2.38. The van der Waals surface area contributed by atoms with Gasteiger partial charge in [-0.3, -0.25) is 9.69 Å². The summed E-state index contributed by atoms with van der Waals surface area (Å²) < 4.78 is 1.72. The Balaban J connectivity index is 1.47. The first-order valence-corrected chi connectivity index (χ1v) is 13.3. The summed E-state index contributed by atoms with van der Waals surface area (Å²) in [5, 5.41) is 18.1. The molecule has 4 atom stereocenters. The first kappa shape index (κ1) is 25.7. The molecule has 2 aromatic heterocycles. The zero-order valence-electron chi connectivity index (χ0n) is 21.1. The number of nitrogens with one attached hydrogen (secondary N) is 1. The number of rotatable bonds is 5. The number of amides is 1. The van der Waals surface area contributed by atoms with Crippen LogP contribution in [0, 0.1) is 17.2 Å². The molecule has 37 heavy (non-hydrogen) atoms. The minimum absolute atomic E-state index is 0.0523. The van der Waals surface area contributed by atoms with Gasteiger partial charge >= 0.3 is 0 Å². The van der Waals surface area contributed by atoms with Crippen LogP contribution in [-0.2, 0) is 4.79 Å². The van der Waals surface area contributed by atoms with Gasteiger partial charge in [-0.05, 0) is 68.3 Å². The van der Waals surface area contributed by atoms with Gasteiger partial charge < -0.3 is 5.32 Å². The molecule has 0 saturated carbocycles. The van der Waals surface area contributed by atoms with E-state index < -0.39 is 0 Å². The zero-order chi connectivity index (χ0) is 26.3. The first-order valence-electron chi connectivity index (χ1n) is 12.6. The van der Waals surface area contributed by atoms with Crippen molar-refractivity contribution in [3.63, 3.8) is 0 Å². The third kappa shape index (κ3) is 4.72. The van der Waals surface area contributed by atoms with E-state index in [1.165, 1.54) is 0 Å². The summed E-state index contributed by atoms with van der Waals surface area (Å²) in [6, 6.07) is 7.47. The molecule has 0 bridgehead atoms. The van der Waals surface area contributed by atoms with Gasteiger partial charge in [-0.25, -0.2) is 14.6 Å². The lowest BCUT2D eigenvalue weighted by Crippen LogP contribution is -2.49. The van der Waals surface area contributed by atoms with Crippen LogP contribution in [0.1, 0.15) is 62.5 Å². The van der Waals surface area contributed by atoms with E-state index >= 15 is 0 Å². The molecule has 3 aromatic rings. The van der Waals surface area contributed by atoms with E-state index in [4.69, 9.17) is 28.2 Å². The maximum Gasteiger partial charge on any atom is 0.237 e. The van der Waals surface area contributed by atoms with Crippen molar-refractivity contribution in [1.82, 2.24) is 30.0 Å². The molecule has 0 spiro atoms. The lowest BCUT2D eigenvalue weighted by Gasteiger charge is -2.38. The number of carbonyl (C=O) groups is 1. The first-order chi connectivity index (χ1) is 17.8. The maximum atomic E-state index is 12.4. The number of nitrogens with zero attached hydrogens (tertiary/aromatic N) is 6. The van der Waals surface area contributed by atoms with Crippen LogP contribution in [0.3, 0.4) is 0 Å². The number of hydrogen-bond acceptors (Lipinski definition) is 6. The van der Waals surface area contributed by atoms with Crippen LogP contribution in [0.5, 0.6) is 0 Å². The van der Waals surface area contributed by atoms with Gasteiger partial charge in [0, 0.05) is 23.1 Å². The van der Waals surface area contributed by atoms with Gasteiger partial charge in [-0.2, -0.15) is 10.4 Å². The molecule has 5 rings (SSSR count). The largest absolute Gasteiger partial charge is 0.358 e. The summed E-state index contributed by atoms with van der Waals surface area (Å²) in [4.78, 5) is 24.3. The number of allylic oxidation sites excluding steroid dienone is 1. The average Bonchev–Trinajstić information content (AvgIpc) is 3.52. The Bertz CT molecular complexity index is 1430. The van der Waals surface area contributed by atoms with Crippen LogP contribution < -0.4 is 5.32 Å². The molecule has 3 heterocycles. The highest BCUT2D eigenvalue weighted by atomic mass is 35.5. The van der Waals surface area contributed by atoms with Gasteiger partial charge in [-0.15, -0.1) is 0 Å². The van der Waals surface area contributed by atoms with E-state index in [9.17, 15) is 10.1 Å². The summed E-state index contributed by atoms with van der Waals surface area (Å²) >= 11 is 12.6. The Morgan fingerprint density at radius 2 is 2.14 bits per heavy atom. The van der Waals surface area contributed by atoms with Gasteiger partial charge in [0.05, 0.1) is 24.0 Å². The Kier molecular flexibility index (Phi) is 7.21. The lowest BCUT2D eigenvalue weighted by atomic mass is 9.83. The molecular formula is C27H29Cl2N7O. The molecule has 2 aliphatic rings. The molecule has 1 N–H and O–H groups in total. The fraction of sp³-hybridized carbons (Fsp3) is 0.444. The van der Waals surface area contributed by atoms with Crippen LogP contribution in [0.25, 0.3) is 16.7 Å². The Hall–Kier alpha value is -2.99. The standard InChI is InChI=1S/C27H29Cl2N7O/c1-15-11-17(6-9-23(15)35-10-4-5-24(35)27(37)31-3)22-14-32-25-21(13-30)34-36(26(25)33-22)16(2)19-8-7-18(28)12-20(19)29/h6-8,12,14-16,23-24H,4-5,9-11H2,1-3H3,(H,31,37)/t15-,16-,23+,24+/m1/s1. The van der Waals surface area contributed by atoms with Crippen molar-refractivity contribution in [3.8, 4) is 6.07 Å². The molecule has 8 nitrogen and oxygen atoms in total. The van der Waals surface area contributed by atoms with E-state index in [1.54, 1.807) is 30.1 Å². The van der Waals surface area contributed by atoms with E-state index in [1.807, 2.05) is 13.0 Å². The normalized spacial score (nSPS) is 23.0. The number of fused-ring (bicyclic) bond motifs is 1. The summed E-state index contributed by atoms with van der Waals surface area (Å²) in [5.41, 5.74) is 3.97. The summed E-state index contributed by atoms with van der Waals surface area (Å²) in [5.74, 6) is 0.460. The van der Waals surface area contributed by atoms with Crippen LogP contribution in [0.4, 0.5) is 0 Å². The smallest absolute Gasteiger partial charge is 0.237 e. The van der Waals surface area contributed by atoms with Gasteiger partial charge in [0.25, 0.3) is 0 Å². The van der Waals surface area contributed by atoms with Gasteiger partial charge in [0.1, 0.15) is 11.6 Å². The Labute approximate surface area is 226 Å². The lowest BCUT2D eigenvalue weighted by molar-refractivity contribution is -0.126. The highest BCUT2D eigenvalue weighted by molar-refractivity contribution is 6.35. The molecule has 0 unspecified atom stereocenters. The number of hydrogen-bond donors (Lipinski definition) is 1. The van der Waals surface area contributed by atoms with Crippen molar-refractivity contribution in [2.45, 2.75) is 57.7 Å². The third-order valence-electron chi connectivity index (χ3n) is 7.69. The van der Waals surface area contributed by atoms with Crippen LogP contribution in [-0.4, -0.2) is 56.2 Å². The van der Waals surface area contributed by atoms with Crippen LogP contribution in [0.2, 0.25) is 10.0 Å². The van der Waals surface area contributed by atoms with Crippen LogP contribution in [0.15, 0.2) is 30.5 Å². The van der Waals surface area contributed by atoms with E-state index in [-0.39, 0.29) is 23.7 Å². The van der Waals surface area contributed by atoms with Crippen molar-refractivity contribution in [1.29, 1.82) is 5.26 Å². The van der Waals surface area contributed by atoms with Crippen molar-refractivity contribution in [2.24, 2.45) is 5.92 Å². The molecule has 1 aliphatic heterocycles. The predicted octanol–water partition coefficient (Wildman–Crippen LogP) is 5.01. The van der Waals surface area contributed by atoms with Gasteiger partial charge in [-0.1, -0.05) is 42.3 Å². The molecule has 1 aliphatic carbocycles. The second-order valence-electron chi connectivity index (χ2n) is 9.90. The van der Waals surface area contributed by atoms with Crippen molar-refractivity contribution >= 4 is 45.8 Å². The molecule has 0 radical (unpaired) electrons. The highest BCUT2D eigenvalue weighted by Crippen LogP contribution is 2.37. The van der Waals surface area contributed by atoms with Crippen LogP contribution >= 0.6 is 23.2 Å². The fourth-order valence-electron chi connectivity index (χ4n) is 5.75. The monoisotopic (exact) mass is 537 g/mol. The van der Waals surface area contributed by atoms with E-state index in [0.29, 0.717) is 33.2 Å². The minimum Gasteiger partial charge on any atom is -0.358 e. The second-order valence-corrected chi connectivity index (χ2v) is 10.7. The number of carbonyl (C=O) groups excluding carboxylic acids is 1. The van der Waals surface area contributed by atoms with Gasteiger partial charge in [0.15, 0.2) is 11.3 Å². The van der Waals surface area contributed by atoms with Crippen molar-refractivity contribution < 1.29 is 4.79 Å². The Morgan fingerprint density at radius 3 is 2.84 bits per heavy atom. The number of benzene rings is 1. The SMILES string of the molecule is CNC(=O)[C@@H]1CCCN1[C@H]1CC=C(c2cnc3c(C#N)nn([C@H](C)c4ccc(Cl)cc4Cl)c3n2)C[C@H]1C. The maximum absolute atomic E-state index is 12.4. The number of halogens is 2.